The van der Waals surface area contributed by atoms with Crippen LogP contribution in [0.15, 0.2) is 24.3 Å². The molecule has 4 rings (SSSR count). The Balaban J connectivity index is 1.48. The number of hydrogen-bond donors (Lipinski definition) is 1. The van der Waals surface area contributed by atoms with E-state index in [1.807, 2.05) is 24.3 Å². The zero-order valence-electron chi connectivity index (χ0n) is 16.7. The molecule has 1 amide bonds. The summed E-state index contributed by atoms with van der Waals surface area (Å²) in [6.45, 7) is 1.54. The van der Waals surface area contributed by atoms with E-state index in [2.05, 4.69) is 15.2 Å². The van der Waals surface area contributed by atoms with E-state index in [9.17, 15) is 4.79 Å². The quantitative estimate of drug-likeness (QED) is 0.817. The average molecular weight is 383 g/mol. The smallest absolute Gasteiger partial charge is 0.257 e. The molecule has 0 unspecified atom stereocenters. The summed E-state index contributed by atoms with van der Waals surface area (Å²) in [6.07, 6.45) is 9.18. The van der Waals surface area contributed by atoms with Crippen LogP contribution in [0, 0.1) is 5.92 Å². The molecule has 28 heavy (non-hydrogen) atoms. The highest BCUT2D eigenvalue weighted by Crippen LogP contribution is 2.30. The van der Waals surface area contributed by atoms with Crippen LogP contribution in [-0.4, -0.2) is 42.1 Å². The Morgan fingerprint density at radius 2 is 1.75 bits per heavy atom. The van der Waals surface area contributed by atoms with Gasteiger partial charge in [-0.3, -0.25) is 4.79 Å². The first-order chi connectivity index (χ1) is 13.7. The number of para-hydroxylation sites is 2. The molecule has 0 bridgehead atoms. The van der Waals surface area contributed by atoms with Crippen molar-refractivity contribution in [3.63, 3.8) is 0 Å². The van der Waals surface area contributed by atoms with Crippen molar-refractivity contribution in [3.8, 4) is 5.88 Å². The average Bonchev–Trinajstić information content (AvgIpc) is 3.01. The topological polar surface area (TPSA) is 67.4 Å². The van der Waals surface area contributed by atoms with E-state index in [-0.39, 0.29) is 11.8 Å². The Bertz CT molecular complexity index is 817. The summed E-state index contributed by atoms with van der Waals surface area (Å²) in [5.74, 6) is 1.47. The normalized spacial score (nSPS) is 21.3. The highest BCUT2D eigenvalue weighted by Gasteiger charge is 2.30. The molecule has 1 aromatic carbocycles. The van der Waals surface area contributed by atoms with Gasteiger partial charge in [0.1, 0.15) is 0 Å². The molecule has 1 N–H and O–H groups in total. The lowest BCUT2D eigenvalue weighted by Crippen LogP contribution is -2.46. The van der Waals surface area contributed by atoms with Gasteiger partial charge in [0.25, 0.3) is 5.88 Å². The molecule has 2 fully saturated rings. The minimum Gasteiger partial charge on any atom is -0.478 e. The molecule has 1 aromatic heterocycles. The van der Waals surface area contributed by atoms with Crippen molar-refractivity contribution in [3.05, 3.63) is 24.3 Å². The van der Waals surface area contributed by atoms with Gasteiger partial charge < -0.3 is 15.0 Å². The van der Waals surface area contributed by atoms with Gasteiger partial charge >= 0.3 is 0 Å². The summed E-state index contributed by atoms with van der Waals surface area (Å²) >= 11 is 0. The summed E-state index contributed by atoms with van der Waals surface area (Å²) in [7, 11) is 1.63. The van der Waals surface area contributed by atoms with Gasteiger partial charge in [-0.2, -0.15) is 0 Å². The van der Waals surface area contributed by atoms with Gasteiger partial charge in [-0.15, -0.1) is 0 Å². The number of nitrogens with one attached hydrogen (secondary N) is 1. The third kappa shape index (κ3) is 4.21. The molecular weight excluding hydrogens is 352 g/mol. The number of ether oxygens (including phenoxy) is 1. The predicted octanol–water partition coefficient (Wildman–Crippen LogP) is 3.69. The van der Waals surface area contributed by atoms with Crippen molar-refractivity contribution < 1.29 is 9.53 Å². The van der Waals surface area contributed by atoms with E-state index in [0.29, 0.717) is 18.5 Å². The Morgan fingerprint density at radius 3 is 2.46 bits per heavy atom. The van der Waals surface area contributed by atoms with Crippen molar-refractivity contribution in [2.75, 3.05) is 25.1 Å². The summed E-state index contributed by atoms with van der Waals surface area (Å²) in [5.41, 5.74) is 1.67. The molecule has 2 aromatic rings. The number of carbonyl (C=O) groups is 1. The van der Waals surface area contributed by atoms with E-state index in [1.54, 1.807) is 7.11 Å². The monoisotopic (exact) mass is 382 g/mol. The van der Waals surface area contributed by atoms with Crippen LogP contribution in [-0.2, 0) is 4.79 Å². The number of carbonyl (C=O) groups excluding carboxylic acids is 1. The highest BCUT2D eigenvalue weighted by atomic mass is 16.5. The zero-order chi connectivity index (χ0) is 19.3. The van der Waals surface area contributed by atoms with Crippen LogP contribution in [0.25, 0.3) is 11.0 Å². The SMILES string of the molecule is COc1nc2ccccc2nc1N1CCC[C@@H](C(=O)NC2CCCCCC2)C1. The number of nitrogens with zero attached hydrogens (tertiary/aromatic N) is 3. The summed E-state index contributed by atoms with van der Waals surface area (Å²) in [4.78, 5) is 24.5. The molecule has 1 saturated carbocycles. The Kier molecular flexibility index (Phi) is 5.93. The molecule has 1 atom stereocenters. The number of piperidine rings is 1. The Morgan fingerprint density at radius 1 is 1.04 bits per heavy atom. The first kappa shape index (κ1) is 19.0. The summed E-state index contributed by atoms with van der Waals surface area (Å²) < 4.78 is 5.52. The predicted molar refractivity (Wildman–Crippen MR) is 111 cm³/mol. The number of hydrogen-bond acceptors (Lipinski definition) is 5. The molecule has 1 aliphatic heterocycles. The van der Waals surface area contributed by atoms with Gasteiger partial charge in [0.15, 0.2) is 5.82 Å². The first-order valence-electron chi connectivity index (χ1n) is 10.6. The van der Waals surface area contributed by atoms with Crippen molar-refractivity contribution in [2.45, 2.75) is 57.4 Å². The fourth-order valence-electron chi connectivity index (χ4n) is 4.44. The zero-order valence-corrected chi connectivity index (χ0v) is 16.7. The minimum absolute atomic E-state index is 0.00465. The maximum Gasteiger partial charge on any atom is 0.257 e. The van der Waals surface area contributed by atoms with E-state index >= 15 is 0 Å². The maximum absolute atomic E-state index is 12.9. The molecule has 2 heterocycles. The summed E-state index contributed by atoms with van der Waals surface area (Å²) in [6, 6.07) is 8.16. The third-order valence-corrected chi connectivity index (χ3v) is 6.01. The molecule has 1 aliphatic carbocycles. The first-order valence-corrected chi connectivity index (χ1v) is 10.6. The molecule has 0 spiro atoms. The molecule has 6 nitrogen and oxygen atoms in total. The van der Waals surface area contributed by atoms with Gasteiger partial charge in [-0.25, -0.2) is 9.97 Å². The largest absolute Gasteiger partial charge is 0.478 e. The number of anilines is 1. The fraction of sp³-hybridized carbons (Fsp3) is 0.591. The van der Waals surface area contributed by atoms with Crippen LogP contribution < -0.4 is 15.0 Å². The lowest BCUT2D eigenvalue weighted by molar-refractivity contribution is -0.126. The molecule has 0 radical (unpaired) electrons. The van der Waals surface area contributed by atoms with Gasteiger partial charge in [0.2, 0.25) is 5.91 Å². The lowest BCUT2D eigenvalue weighted by atomic mass is 9.96. The second-order valence-electron chi connectivity index (χ2n) is 8.03. The molecule has 150 valence electrons. The van der Waals surface area contributed by atoms with Crippen molar-refractivity contribution in [2.24, 2.45) is 5.92 Å². The van der Waals surface area contributed by atoms with Gasteiger partial charge in [-0.05, 0) is 37.8 Å². The van der Waals surface area contributed by atoms with Crippen LogP contribution in [0.2, 0.25) is 0 Å². The van der Waals surface area contributed by atoms with Gasteiger partial charge in [-0.1, -0.05) is 37.8 Å². The lowest BCUT2D eigenvalue weighted by Gasteiger charge is -2.34. The molecular formula is C22H30N4O2. The summed E-state index contributed by atoms with van der Waals surface area (Å²) in [5, 5.41) is 3.33. The van der Waals surface area contributed by atoms with Crippen LogP contribution in [0.5, 0.6) is 5.88 Å². The Hall–Kier alpha value is -2.37. The van der Waals surface area contributed by atoms with Crippen LogP contribution in [0.4, 0.5) is 5.82 Å². The number of amides is 1. The van der Waals surface area contributed by atoms with Gasteiger partial charge in [0.05, 0.1) is 24.1 Å². The number of benzene rings is 1. The van der Waals surface area contributed by atoms with E-state index in [4.69, 9.17) is 9.72 Å². The van der Waals surface area contributed by atoms with Crippen LogP contribution >= 0.6 is 0 Å². The highest BCUT2D eigenvalue weighted by molar-refractivity contribution is 5.81. The minimum atomic E-state index is -0.00465. The van der Waals surface area contributed by atoms with Crippen molar-refractivity contribution in [1.29, 1.82) is 0 Å². The second kappa shape index (κ2) is 8.76. The van der Waals surface area contributed by atoms with Gasteiger partial charge in [0, 0.05) is 19.1 Å². The molecule has 1 saturated heterocycles. The number of rotatable bonds is 4. The number of methoxy groups -OCH3 is 1. The number of fused-ring (bicyclic) bond motifs is 1. The van der Waals surface area contributed by atoms with Crippen molar-refractivity contribution >= 4 is 22.8 Å². The molecule has 6 heteroatoms. The van der Waals surface area contributed by atoms with E-state index < -0.39 is 0 Å². The standard InChI is InChI=1S/C22H30N4O2/c1-28-22-20(24-18-12-6-7-13-19(18)25-22)26-14-8-9-16(15-26)21(27)23-17-10-4-2-3-5-11-17/h6-7,12-13,16-17H,2-5,8-11,14-15H2,1H3,(H,23,27)/t16-/m1/s1. The second-order valence-corrected chi connectivity index (χ2v) is 8.03. The molecule has 2 aliphatic rings. The van der Waals surface area contributed by atoms with Crippen LogP contribution in [0.1, 0.15) is 51.4 Å². The third-order valence-electron chi connectivity index (χ3n) is 6.01. The Labute approximate surface area is 166 Å². The van der Waals surface area contributed by atoms with E-state index in [0.717, 1.165) is 49.1 Å². The van der Waals surface area contributed by atoms with E-state index in [1.165, 1.54) is 25.7 Å². The fourth-order valence-corrected chi connectivity index (χ4v) is 4.44. The van der Waals surface area contributed by atoms with Crippen molar-refractivity contribution in [1.82, 2.24) is 15.3 Å². The van der Waals surface area contributed by atoms with Crippen LogP contribution in [0.3, 0.4) is 0 Å². The number of aromatic nitrogens is 2. The maximum atomic E-state index is 12.9.